The molecule has 0 aromatic carbocycles. The Balaban J connectivity index is 2.44. The Morgan fingerprint density at radius 1 is 1.29 bits per heavy atom. The zero-order chi connectivity index (χ0) is 10.6. The predicted octanol–water partition coefficient (Wildman–Crippen LogP) is 1.08. The van der Waals surface area contributed by atoms with Crippen LogP contribution in [-0.4, -0.2) is 22.5 Å². The molecular weight excluding hydrogens is 182 g/mol. The van der Waals surface area contributed by atoms with Gasteiger partial charge >= 0.3 is 5.97 Å². The molecule has 14 heavy (non-hydrogen) atoms. The van der Waals surface area contributed by atoms with Gasteiger partial charge in [-0.05, 0) is 19.8 Å². The van der Waals surface area contributed by atoms with Gasteiger partial charge in [-0.15, -0.1) is 0 Å². The molecule has 0 spiro atoms. The molecule has 1 aliphatic rings. The molecule has 2 N–H and O–H groups in total. The van der Waals surface area contributed by atoms with Gasteiger partial charge in [0.25, 0.3) is 0 Å². The molecule has 1 rings (SSSR count). The van der Waals surface area contributed by atoms with Crippen molar-refractivity contribution in [2.24, 2.45) is 0 Å². The fourth-order valence-corrected chi connectivity index (χ4v) is 1.77. The lowest BCUT2D eigenvalue weighted by Gasteiger charge is -2.24. The van der Waals surface area contributed by atoms with E-state index in [9.17, 15) is 9.59 Å². The number of carboxylic acids is 1. The average molecular weight is 197 g/mol. The third-order valence-electron chi connectivity index (χ3n) is 2.51. The van der Waals surface area contributed by atoms with Gasteiger partial charge in [0.15, 0.2) is 0 Å². The molecular formula is C10H15NO3. The maximum atomic E-state index is 11.2. The van der Waals surface area contributed by atoms with E-state index in [1.807, 2.05) is 6.92 Å². The quantitative estimate of drug-likeness (QED) is 0.665. The van der Waals surface area contributed by atoms with Crippen LogP contribution in [0.2, 0.25) is 0 Å². The van der Waals surface area contributed by atoms with E-state index in [1.54, 1.807) is 0 Å². The smallest absolute Gasteiger partial charge is 0.328 e. The van der Waals surface area contributed by atoms with Crippen LogP contribution in [0.3, 0.4) is 0 Å². The number of rotatable bonds is 3. The van der Waals surface area contributed by atoms with Crippen LogP contribution in [0.25, 0.3) is 0 Å². The molecule has 1 aliphatic carbocycles. The van der Waals surface area contributed by atoms with Crippen LogP contribution in [0.5, 0.6) is 0 Å². The number of carbonyl (C=O) groups excluding carboxylic acids is 1. The zero-order valence-electron chi connectivity index (χ0n) is 8.25. The van der Waals surface area contributed by atoms with Crippen LogP contribution in [0.1, 0.15) is 32.6 Å². The molecule has 4 heteroatoms. The molecule has 78 valence electrons. The Labute approximate surface area is 83.0 Å². The Bertz CT molecular complexity index is 265. The molecule has 0 unspecified atom stereocenters. The molecule has 1 fully saturated rings. The lowest BCUT2D eigenvalue weighted by atomic mass is 10.0. The van der Waals surface area contributed by atoms with Gasteiger partial charge < -0.3 is 10.4 Å². The number of hydrogen-bond acceptors (Lipinski definition) is 2. The Morgan fingerprint density at radius 3 is 2.36 bits per heavy atom. The van der Waals surface area contributed by atoms with Gasteiger partial charge in [0.2, 0.25) is 5.91 Å². The Morgan fingerprint density at radius 2 is 1.86 bits per heavy atom. The highest BCUT2D eigenvalue weighted by molar-refractivity contribution is 5.94. The summed E-state index contributed by atoms with van der Waals surface area (Å²) >= 11 is 0. The van der Waals surface area contributed by atoms with Gasteiger partial charge in [0, 0.05) is 17.7 Å². The van der Waals surface area contributed by atoms with E-state index in [4.69, 9.17) is 5.11 Å². The summed E-state index contributed by atoms with van der Waals surface area (Å²) in [5, 5.41) is 11.1. The largest absolute Gasteiger partial charge is 0.478 e. The second kappa shape index (κ2) is 4.26. The second-order valence-corrected chi connectivity index (χ2v) is 3.93. The normalized spacial score (nSPS) is 19.8. The summed E-state index contributed by atoms with van der Waals surface area (Å²) in [6, 6.07) is 0. The molecule has 0 saturated heterocycles. The molecule has 0 radical (unpaired) electrons. The minimum Gasteiger partial charge on any atom is -0.478 e. The first-order valence-electron chi connectivity index (χ1n) is 4.75. The van der Waals surface area contributed by atoms with Crippen molar-refractivity contribution in [3.63, 3.8) is 0 Å². The van der Waals surface area contributed by atoms with E-state index in [2.05, 4.69) is 5.32 Å². The molecule has 0 heterocycles. The van der Waals surface area contributed by atoms with Crippen LogP contribution in [0.4, 0.5) is 0 Å². The highest BCUT2D eigenvalue weighted by atomic mass is 16.4. The molecule has 0 aliphatic heterocycles. The van der Waals surface area contributed by atoms with Gasteiger partial charge in [-0.2, -0.15) is 0 Å². The zero-order valence-corrected chi connectivity index (χ0v) is 8.25. The first kappa shape index (κ1) is 10.8. The molecule has 1 amide bonds. The van der Waals surface area contributed by atoms with E-state index >= 15 is 0 Å². The minimum atomic E-state index is -1.10. The summed E-state index contributed by atoms with van der Waals surface area (Å²) in [6.07, 6.45) is 6.11. The summed E-state index contributed by atoms with van der Waals surface area (Å²) in [6.45, 7) is 1.99. The fraction of sp³-hybridized carbons (Fsp3) is 0.600. The number of amides is 1. The highest BCUT2D eigenvalue weighted by Crippen LogP contribution is 2.28. The molecule has 0 bridgehead atoms. The van der Waals surface area contributed by atoms with Gasteiger partial charge in [0.1, 0.15) is 0 Å². The van der Waals surface area contributed by atoms with Crippen molar-refractivity contribution >= 4 is 11.9 Å². The number of aliphatic carboxylic acids is 1. The van der Waals surface area contributed by atoms with Crippen molar-refractivity contribution in [3.05, 3.63) is 12.2 Å². The van der Waals surface area contributed by atoms with Crippen molar-refractivity contribution in [2.75, 3.05) is 0 Å². The van der Waals surface area contributed by atoms with E-state index in [1.165, 1.54) is 0 Å². The first-order valence-corrected chi connectivity index (χ1v) is 4.75. The van der Waals surface area contributed by atoms with Crippen molar-refractivity contribution in [2.45, 2.75) is 38.1 Å². The third-order valence-corrected chi connectivity index (χ3v) is 2.51. The van der Waals surface area contributed by atoms with Gasteiger partial charge in [-0.3, -0.25) is 4.79 Å². The monoisotopic (exact) mass is 197 g/mol. The van der Waals surface area contributed by atoms with E-state index < -0.39 is 5.97 Å². The van der Waals surface area contributed by atoms with Crippen molar-refractivity contribution < 1.29 is 14.7 Å². The maximum absolute atomic E-state index is 11.2. The number of carbonyl (C=O) groups is 2. The Kier molecular flexibility index (Phi) is 3.28. The maximum Gasteiger partial charge on any atom is 0.328 e. The van der Waals surface area contributed by atoms with Gasteiger partial charge in [-0.25, -0.2) is 4.79 Å². The first-order chi connectivity index (χ1) is 6.52. The predicted molar refractivity (Wildman–Crippen MR) is 51.8 cm³/mol. The minimum absolute atomic E-state index is 0.139. The summed E-state index contributed by atoms with van der Waals surface area (Å²) in [4.78, 5) is 21.4. The average Bonchev–Trinajstić information content (AvgIpc) is 2.48. The lowest BCUT2D eigenvalue weighted by Crippen LogP contribution is -2.42. The highest BCUT2D eigenvalue weighted by Gasteiger charge is 2.29. The number of carboxylic acid groups (broad SMARTS) is 1. The van der Waals surface area contributed by atoms with Crippen LogP contribution in [0, 0.1) is 0 Å². The molecule has 0 atom stereocenters. The van der Waals surface area contributed by atoms with Crippen molar-refractivity contribution in [1.82, 2.24) is 5.32 Å². The SMILES string of the molecule is CC1(NC(=O)/C=C/C(=O)O)CCCC1. The van der Waals surface area contributed by atoms with E-state index in [0.717, 1.165) is 37.8 Å². The van der Waals surface area contributed by atoms with Crippen LogP contribution in [-0.2, 0) is 9.59 Å². The van der Waals surface area contributed by atoms with Crippen LogP contribution in [0.15, 0.2) is 12.2 Å². The van der Waals surface area contributed by atoms with Crippen LogP contribution >= 0.6 is 0 Å². The number of nitrogens with one attached hydrogen (secondary N) is 1. The van der Waals surface area contributed by atoms with E-state index in [0.29, 0.717) is 0 Å². The second-order valence-electron chi connectivity index (χ2n) is 3.93. The fourth-order valence-electron chi connectivity index (χ4n) is 1.77. The van der Waals surface area contributed by atoms with Crippen molar-refractivity contribution in [1.29, 1.82) is 0 Å². The topological polar surface area (TPSA) is 66.4 Å². The van der Waals surface area contributed by atoms with Gasteiger partial charge in [-0.1, -0.05) is 12.8 Å². The lowest BCUT2D eigenvalue weighted by molar-refractivity contribution is -0.131. The standard InChI is InChI=1S/C10H15NO3/c1-10(6-2-3-7-10)11-8(12)4-5-9(13)14/h4-5H,2-3,6-7H2,1H3,(H,11,12)(H,13,14)/b5-4+. The van der Waals surface area contributed by atoms with Crippen molar-refractivity contribution in [3.8, 4) is 0 Å². The molecule has 0 aromatic rings. The summed E-state index contributed by atoms with van der Waals surface area (Å²) < 4.78 is 0. The molecule has 0 aromatic heterocycles. The van der Waals surface area contributed by atoms with E-state index in [-0.39, 0.29) is 11.4 Å². The Hall–Kier alpha value is -1.32. The summed E-state index contributed by atoms with van der Waals surface area (Å²) in [7, 11) is 0. The molecule has 1 saturated carbocycles. The molecule has 4 nitrogen and oxygen atoms in total. The third kappa shape index (κ3) is 3.20. The summed E-state index contributed by atoms with van der Waals surface area (Å²) in [5.41, 5.74) is -0.139. The van der Waals surface area contributed by atoms with Gasteiger partial charge in [0.05, 0.1) is 0 Å². The summed E-state index contributed by atoms with van der Waals surface area (Å²) in [5.74, 6) is -1.42. The number of hydrogen-bond donors (Lipinski definition) is 2. The van der Waals surface area contributed by atoms with Crippen LogP contribution < -0.4 is 5.32 Å².